The monoisotopic (exact) mass is 487 g/mol. The second kappa shape index (κ2) is 7.39. The minimum Gasteiger partial charge on any atom is -0.444 e. The molecule has 2 aliphatic rings. The van der Waals surface area contributed by atoms with Crippen LogP contribution in [0.25, 0.3) is 22.2 Å². The van der Waals surface area contributed by atoms with E-state index >= 15 is 0 Å². The summed E-state index contributed by atoms with van der Waals surface area (Å²) in [6, 6.07) is 18.2. The summed E-state index contributed by atoms with van der Waals surface area (Å²) in [5.74, 6) is 0.0873. The number of aromatic amines is 1. The van der Waals surface area contributed by atoms with Crippen molar-refractivity contribution in [2.75, 3.05) is 0 Å². The molecule has 0 radical (unpaired) electrons. The van der Waals surface area contributed by atoms with Crippen molar-refractivity contribution in [2.45, 2.75) is 32.6 Å². The number of rotatable bonds is 2. The normalized spacial score (nSPS) is 20.2. The molecule has 32 heavy (non-hydrogen) atoms. The summed E-state index contributed by atoms with van der Waals surface area (Å²) in [5, 5.41) is 11.0. The number of aromatic nitrogens is 1. The van der Waals surface area contributed by atoms with E-state index in [-0.39, 0.29) is 22.7 Å². The molecule has 5 rings (SSSR count). The number of halogens is 1. The van der Waals surface area contributed by atoms with Crippen molar-refractivity contribution in [3.05, 3.63) is 81.4 Å². The van der Waals surface area contributed by atoms with E-state index < -0.39 is 5.92 Å². The van der Waals surface area contributed by atoms with Crippen LogP contribution in [0, 0.1) is 16.7 Å². The molecule has 0 spiro atoms. The molecule has 1 aliphatic heterocycles. The molecule has 1 aromatic heterocycles. The number of nitriles is 1. The van der Waals surface area contributed by atoms with Crippen LogP contribution in [0.5, 0.6) is 0 Å². The van der Waals surface area contributed by atoms with E-state index in [0.717, 1.165) is 32.2 Å². The Morgan fingerprint density at radius 2 is 1.88 bits per heavy atom. The van der Waals surface area contributed by atoms with E-state index in [1.807, 2.05) is 62.4 Å². The Morgan fingerprint density at radius 3 is 2.59 bits per heavy atom. The first-order valence-electron chi connectivity index (χ1n) is 10.5. The van der Waals surface area contributed by atoms with E-state index in [1.54, 1.807) is 0 Å². The molecule has 5 nitrogen and oxygen atoms in total. The van der Waals surface area contributed by atoms with Gasteiger partial charge in [-0.3, -0.25) is 4.79 Å². The second-order valence-electron chi connectivity index (χ2n) is 9.17. The first-order chi connectivity index (χ1) is 15.3. The standard InChI is InChI=1S/C26H22BrN3O2/c1-26(2)11-19(31)23-20(12-26)32-25(29)17(13-28)21(23)22-16-5-3-4-6-18(16)30-24(22)14-7-9-15(27)10-8-14/h3-10,21,30H,11-12,29H2,1-2H3. The van der Waals surface area contributed by atoms with Crippen LogP contribution in [0.4, 0.5) is 0 Å². The van der Waals surface area contributed by atoms with Gasteiger partial charge in [0.05, 0.1) is 11.6 Å². The quantitative estimate of drug-likeness (QED) is 0.460. The molecule has 1 unspecified atom stereocenters. The predicted octanol–water partition coefficient (Wildman–Crippen LogP) is 6.05. The molecule has 3 N–H and O–H groups in total. The number of para-hydroxylation sites is 1. The summed E-state index contributed by atoms with van der Waals surface area (Å²) in [7, 11) is 0. The Bertz CT molecular complexity index is 1370. The Hall–Kier alpha value is -3.30. The van der Waals surface area contributed by atoms with E-state index in [2.05, 4.69) is 27.0 Å². The maximum atomic E-state index is 13.4. The number of fused-ring (bicyclic) bond motifs is 1. The first-order valence-corrected chi connectivity index (χ1v) is 11.3. The molecule has 2 heterocycles. The van der Waals surface area contributed by atoms with Crippen LogP contribution >= 0.6 is 15.9 Å². The van der Waals surface area contributed by atoms with E-state index in [9.17, 15) is 10.1 Å². The van der Waals surface area contributed by atoms with Gasteiger partial charge >= 0.3 is 0 Å². The average Bonchev–Trinajstić information content (AvgIpc) is 3.11. The second-order valence-corrected chi connectivity index (χ2v) is 10.1. The van der Waals surface area contributed by atoms with E-state index in [1.165, 1.54) is 0 Å². The molecule has 3 aromatic rings. The maximum absolute atomic E-state index is 13.4. The van der Waals surface area contributed by atoms with Gasteiger partial charge < -0.3 is 15.5 Å². The van der Waals surface area contributed by atoms with Gasteiger partial charge in [-0.15, -0.1) is 0 Å². The molecular weight excluding hydrogens is 466 g/mol. The Morgan fingerprint density at radius 1 is 1.16 bits per heavy atom. The minimum absolute atomic E-state index is 0.00790. The smallest absolute Gasteiger partial charge is 0.205 e. The van der Waals surface area contributed by atoms with Gasteiger partial charge in [-0.25, -0.2) is 0 Å². The van der Waals surface area contributed by atoms with Gasteiger partial charge in [0.2, 0.25) is 5.88 Å². The number of H-pyrrole nitrogens is 1. The zero-order valence-corrected chi connectivity index (χ0v) is 19.4. The van der Waals surface area contributed by atoms with Gasteiger partial charge in [0.1, 0.15) is 17.4 Å². The molecule has 6 heteroatoms. The van der Waals surface area contributed by atoms with Crippen LogP contribution in [0.15, 0.2) is 75.8 Å². The number of carbonyl (C=O) groups is 1. The number of hydrogen-bond donors (Lipinski definition) is 2. The lowest BCUT2D eigenvalue weighted by molar-refractivity contribution is -0.119. The summed E-state index contributed by atoms with van der Waals surface area (Å²) in [5.41, 5.74) is 10.5. The number of ether oxygens (including phenoxy) is 1. The lowest BCUT2D eigenvalue weighted by atomic mass is 9.69. The summed E-state index contributed by atoms with van der Waals surface area (Å²) in [6.45, 7) is 4.09. The summed E-state index contributed by atoms with van der Waals surface area (Å²) in [4.78, 5) is 16.9. The van der Waals surface area contributed by atoms with E-state index in [0.29, 0.717) is 24.2 Å². The number of ketones is 1. The van der Waals surface area contributed by atoms with Gasteiger partial charge in [0.25, 0.3) is 0 Å². The van der Waals surface area contributed by atoms with Crippen molar-refractivity contribution in [1.29, 1.82) is 5.26 Å². The highest BCUT2D eigenvalue weighted by molar-refractivity contribution is 9.10. The highest BCUT2D eigenvalue weighted by atomic mass is 79.9. The molecule has 2 aromatic carbocycles. The topological polar surface area (TPSA) is 91.9 Å². The third-order valence-corrected chi connectivity index (χ3v) is 6.77. The average molecular weight is 488 g/mol. The molecule has 0 amide bonds. The van der Waals surface area contributed by atoms with Crippen LogP contribution in [-0.4, -0.2) is 10.8 Å². The molecule has 0 saturated carbocycles. The largest absolute Gasteiger partial charge is 0.444 e. The van der Waals surface area contributed by atoms with Crippen molar-refractivity contribution in [3.63, 3.8) is 0 Å². The summed E-state index contributed by atoms with van der Waals surface area (Å²) in [6.07, 6.45) is 1.00. The first kappa shape index (κ1) is 20.6. The number of allylic oxidation sites excluding steroid dienone is 3. The zero-order valence-electron chi connectivity index (χ0n) is 17.8. The lowest BCUT2D eigenvalue weighted by Gasteiger charge is -2.37. The lowest BCUT2D eigenvalue weighted by Crippen LogP contribution is -2.33. The van der Waals surface area contributed by atoms with Crippen LogP contribution < -0.4 is 5.73 Å². The van der Waals surface area contributed by atoms with Crippen LogP contribution in [-0.2, 0) is 9.53 Å². The summed E-state index contributed by atoms with van der Waals surface area (Å²) >= 11 is 3.49. The van der Waals surface area contributed by atoms with Crippen molar-refractivity contribution in [1.82, 2.24) is 4.98 Å². The number of nitrogens with two attached hydrogens (primary N) is 1. The molecule has 0 fully saturated rings. The van der Waals surface area contributed by atoms with Crippen molar-refractivity contribution >= 4 is 32.6 Å². The minimum atomic E-state index is -0.581. The number of Topliss-reactive ketones (excluding diaryl/α,β-unsaturated/α-hetero) is 1. The Balaban J connectivity index is 1.83. The SMILES string of the molecule is CC1(C)CC(=O)C2=C(C1)OC(N)=C(C#N)C2c1c(-c2ccc(Br)cc2)[nH]c2ccccc12. The maximum Gasteiger partial charge on any atom is 0.205 e. The molecule has 160 valence electrons. The molecular formula is C26H22BrN3O2. The summed E-state index contributed by atoms with van der Waals surface area (Å²) < 4.78 is 6.85. The predicted molar refractivity (Wildman–Crippen MR) is 127 cm³/mol. The highest BCUT2D eigenvalue weighted by Gasteiger charge is 2.44. The van der Waals surface area contributed by atoms with Crippen molar-refractivity contribution < 1.29 is 9.53 Å². The Labute approximate surface area is 194 Å². The van der Waals surface area contributed by atoms with Gasteiger partial charge in [0.15, 0.2) is 5.78 Å². The fraction of sp³-hybridized carbons (Fsp3) is 0.231. The number of nitrogens with zero attached hydrogens (tertiary/aromatic N) is 1. The number of carbonyl (C=O) groups excluding carboxylic acids is 1. The molecule has 0 bridgehead atoms. The molecule has 1 atom stereocenters. The number of benzene rings is 2. The van der Waals surface area contributed by atoms with Crippen LogP contribution in [0.1, 0.15) is 38.2 Å². The van der Waals surface area contributed by atoms with Crippen LogP contribution in [0.2, 0.25) is 0 Å². The van der Waals surface area contributed by atoms with Gasteiger partial charge in [-0.05, 0) is 34.7 Å². The third kappa shape index (κ3) is 3.25. The fourth-order valence-corrected chi connectivity index (χ4v) is 5.15. The van der Waals surface area contributed by atoms with Gasteiger partial charge in [0, 0.05) is 33.8 Å². The molecule has 0 saturated heterocycles. The van der Waals surface area contributed by atoms with E-state index in [4.69, 9.17) is 10.5 Å². The van der Waals surface area contributed by atoms with Gasteiger partial charge in [-0.2, -0.15) is 5.26 Å². The highest BCUT2D eigenvalue weighted by Crippen LogP contribution is 2.51. The fourth-order valence-electron chi connectivity index (χ4n) is 4.88. The zero-order chi connectivity index (χ0) is 22.6. The molecule has 1 aliphatic carbocycles. The van der Waals surface area contributed by atoms with Crippen LogP contribution in [0.3, 0.4) is 0 Å². The van der Waals surface area contributed by atoms with Crippen molar-refractivity contribution in [2.24, 2.45) is 11.1 Å². The Kier molecular flexibility index (Phi) is 4.75. The van der Waals surface area contributed by atoms with Crippen molar-refractivity contribution in [3.8, 4) is 17.3 Å². The third-order valence-electron chi connectivity index (χ3n) is 6.24. The number of hydrogen-bond acceptors (Lipinski definition) is 4. The number of nitrogens with one attached hydrogen (secondary N) is 1. The van der Waals surface area contributed by atoms with Gasteiger partial charge in [-0.1, -0.05) is 60.1 Å².